The largest absolute Gasteiger partial charge is 0.349 e. The molecule has 2 rings (SSSR count). The summed E-state index contributed by atoms with van der Waals surface area (Å²) >= 11 is 0. The Morgan fingerprint density at radius 2 is 2.24 bits per heavy atom. The van der Waals surface area contributed by atoms with Crippen molar-refractivity contribution >= 4 is 15.8 Å². The molecule has 0 atom stereocenters. The fourth-order valence-corrected chi connectivity index (χ4v) is 3.65. The third-order valence-electron chi connectivity index (χ3n) is 3.76. The van der Waals surface area contributed by atoms with E-state index in [9.17, 15) is 8.42 Å². The molecule has 0 saturated carbocycles. The van der Waals surface area contributed by atoms with Crippen LogP contribution < -0.4 is 5.32 Å². The highest BCUT2D eigenvalue weighted by molar-refractivity contribution is 7.92. The molecular weight excluding hydrogens is 292 g/mol. The Labute approximate surface area is 125 Å². The van der Waals surface area contributed by atoms with Gasteiger partial charge in [0.1, 0.15) is 6.33 Å². The van der Waals surface area contributed by atoms with Crippen LogP contribution in [0.15, 0.2) is 11.3 Å². The standard InChI is InChI=1S/C12H22N6O2S/c1-12(2)8-18(5-6-21(12,19)20)11(13-3)14-7-10-16-15-9-17(10)4/h9H,5-8H2,1-4H3,(H,13,14). The fourth-order valence-electron chi connectivity index (χ4n) is 2.28. The van der Waals surface area contributed by atoms with E-state index >= 15 is 0 Å². The van der Waals surface area contributed by atoms with Crippen LogP contribution in [0.25, 0.3) is 0 Å². The highest BCUT2D eigenvalue weighted by Gasteiger charge is 2.40. The van der Waals surface area contributed by atoms with Gasteiger partial charge in [0, 0.05) is 27.2 Å². The summed E-state index contributed by atoms with van der Waals surface area (Å²) in [5.41, 5.74) is 0. The van der Waals surface area contributed by atoms with Gasteiger partial charge in [0.05, 0.1) is 17.0 Å². The molecule has 1 aliphatic rings. The normalized spacial score (nSPS) is 21.3. The lowest BCUT2D eigenvalue weighted by Gasteiger charge is -2.39. The SMILES string of the molecule is CN=C(NCc1nncn1C)N1CCS(=O)(=O)C(C)(C)C1. The van der Waals surface area contributed by atoms with Crippen LogP contribution in [-0.2, 0) is 23.4 Å². The number of sulfone groups is 1. The minimum absolute atomic E-state index is 0.144. The van der Waals surface area contributed by atoms with Crippen LogP contribution >= 0.6 is 0 Å². The quantitative estimate of drug-likeness (QED) is 0.579. The van der Waals surface area contributed by atoms with Crippen LogP contribution in [0.1, 0.15) is 19.7 Å². The predicted octanol–water partition coefficient (Wildman–Crippen LogP) is -0.600. The summed E-state index contributed by atoms with van der Waals surface area (Å²) in [6, 6.07) is 0. The first-order valence-electron chi connectivity index (χ1n) is 6.77. The Balaban J connectivity index is 2.04. The number of rotatable bonds is 2. The molecule has 0 aliphatic carbocycles. The van der Waals surface area contributed by atoms with E-state index in [1.807, 2.05) is 16.5 Å². The van der Waals surface area contributed by atoms with Gasteiger partial charge in [-0.2, -0.15) is 0 Å². The zero-order chi connectivity index (χ0) is 15.7. The molecule has 1 aliphatic heterocycles. The average molecular weight is 314 g/mol. The second-order valence-corrected chi connectivity index (χ2v) is 8.50. The first-order chi connectivity index (χ1) is 9.77. The Morgan fingerprint density at radius 3 is 2.76 bits per heavy atom. The summed E-state index contributed by atoms with van der Waals surface area (Å²) in [4.78, 5) is 6.20. The van der Waals surface area contributed by atoms with Crippen LogP contribution in [0.4, 0.5) is 0 Å². The summed E-state index contributed by atoms with van der Waals surface area (Å²) < 4.78 is 25.1. The molecule has 1 aromatic rings. The lowest BCUT2D eigenvalue weighted by Crippen LogP contribution is -2.57. The summed E-state index contributed by atoms with van der Waals surface area (Å²) in [7, 11) is 0.510. The monoisotopic (exact) mass is 314 g/mol. The first kappa shape index (κ1) is 15.7. The summed E-state index contributed by atoms with van der Waals surface area (Å²) in [6.45, 7) is 4.87. The molecule has 118 valence electrons. The van der Waals surface area contributed by atoms with Crippen molar-refractivity contribution in [3.63, 3.8) is 0 Å². The van der Waals surface area contributed by atoms with Gasteiger partial charge in [0.15, 0.2) is 21.6 Å². The topological polar surface area (TPSA) is 92.5 Å². The van der Waals surface area contributed by atoms with Crippen molar-refractivity contribution in [3.05, 3.63) is 12.2 Å². The Bertz CT molecular complexity index is 634. The zero-order valence-corrected chi connectivity index (χ0v) is 13.7. The zero-order valence-electron chi connectivity index (χ0n) is 12.9. The summed E-state index contributed by atoms with van der Waals surface area (Å²) in [6.07, 6.45) is 1.64. The van der Waals surface area contributed by atoms with Crippen LogP contribution in [0.5, 0.6) is 0 Å². The molecule has 2 heterocycles. The minimum atomic E-state index is -3.05. The van der Waals surface area contributed by atoms with Crippen LogP contribution in [0.2, 0.25) is 0 Å². The molecule has 1 aromatic heterocycles. The number of hydrogen-bond donors (Lipinski definition) is 1. The number of hydrogen-bond acceptors (Lipinski definition) is 5. The lowest BCUT2D eigenvalue weighted by atomic mass is 10.2. The van der Waals surface area contributed by atoms with Crippen molar-refractivity contribution in [3.8, 4) is 0 Å². The van der Waals surface area contributed by atoms with Gasteiger partial charge >= 0.3 is 0 Å². The maximum absolute atomic E-state index is 12.0. The number of guanidine groups is 1. The van der Waals surface area contributed by atoms with Crippen LogP contribution in [-0.4, -0.2) is 64.7 Å². The van der Waals surface area contributed by atoms with Crippen molar-refractivity contribution in [2.75, 3.05) is 25.9 Å². The average Bonchev–Trinajstić information content (AvgIpc) is 2.80. The Kier molecular flexibility index (Phi) is 4.22. The maximum atomic E-state index is 12.0. The Morgan fingerprint density at radius 1 is 1.52 bits per heavy atom. The third kappa shape index (κ3) is 3.17. The van der Waals surface area contributed by atoms with Crippen LogP contribution in [0.3, 0.4) is 0 Å². The van der Waals surface area contributed by atoms with E-state index in [0.29, 0.717) is 25.6 Å². The molecule has 0 aromatic carbocycles. The highest BCUT2D eigenvalue weighted by atomic mass is 32.2. The van der Waals surface area contributed by atoms with Crippen molar-refractivity contribution < 1.29 is 8.42 Å². The van der Waals surface area contributed by atoms with Gasteiger partial charge < -0.3 is 14.8 Å². The van der Waals surface area contributed by atoms with Crippen LogP contribution in [0, 0.1) is 0 Å². The van der Waals surface area contributed by atoms with Gasteiger partial charge in [-0.25, -0.2) is 8.42 Å². The van der Waals surface area contributed by atoms with Crippen molar-refractivity contribution in [2.24, 2.45) is 12.0 Å². The van der Waals surface area contributed by atoms with Gasteiger partial charge in [0.2, 0.25) is 0 Å². The van der Waals surface area contributed by atoms with Crippen molar-refractivity contribution in [1.82, 2.24) is 25.0 Å². The fraction of sp³-hybridized carbons (Fsp3) is 0.750. The lowest BCUT2D eigenvalue weighted by molar-refractivity contribution is 0.352. The number of aryl methyl sites for hydroxylation is 1. The van der Waals surface area contributed by atoms with Gasteiger partial charge in [0.25, 0.3) is 0 Å². The molecule has 0 bridgehead atoms. The molecular formula is C12H22N6O2S. The third-order valence-corrected chi connectivity index (χ3v) is 6.30. The van der Waals surface area contributed by atoms with E-state index < -0.39 is 14.6 Å². The predicted molar refractivity (Wildman–Crippen MR) is 80.6 cm³/mol. The number of nitrogens with one attached hydrogen (secondary N) is 1. The molecule has 1 fully saturated rings. The van der Waals surface area contributed by atoms with E-state index in [0.717, 1.165) is 5.82 Å². The molecule has 0 spiro atoms. The van der Waals surface area contributed by atoms with Gasteiger partial charge in [-0.05, 0) is 13.8 Å². The first-order valence-corrected chi connectivity index (χ1v) is 8.43. The van der Waals surface area contributed by atoms with Gasteiger partial charge in [-0.15, -0.1) is 10.2 Å². The highest BCUT2D eigenvalue weighted by Crippen LogP contribution is 2.23. The van der Waals surface area contributed by atoms with Crippen molar-refractivity contribution in [2.45, 2.75) is 25.1 Å². The Hall–Kier alpha value is -1.64. The molecule has 9 heteroatoms. The van der Waals surface area contributed by atoms with E-state index in [1.165, 1.54) is 0 Å². The molecule has 0 amide bonds. The second-order valence-electron chi connectivity index (χ2n) is 5.76. The van der Waals surface area contributed by atoms with Crippen molar-refractivity contribution in [1.29, 1.82) is 0 Å². The molecule has 1 N–H and O–H groups in total. The molecule has 1 saturated heterocycles. The van der Waals surface area contributed by atoms with E-state index in [4.69, 9.17) is 0 Å². The number of nitrogens with zero attached hydrogens (tertiary/aromatic N) is 5. The summed E-state index contributed by atoms with van der Waals surface area (Å²) in [5.74, 6) is 1.62. The molecule has 8 nitrogen and oxygen atoms in total. The van der Waals surface area contributed by atoms with Gasteiger partial charge in [-0.1, -0.05) is 0 Å². The number of aromatic nitrogens is 3. The molecule has 0 radical (unpaired) electrons. The van der Waals surface area contributed by atoms with E-state index in [-0.39, 0.29) is 5.75 Å². The second kappa shape index (κ2) is 5.63. The smallest absolute Gasteiger partial charge is 0.194 e. The summed E-state index contributed by atoms with van der Waals surface area (Å²) in [5, 5.41) is 11.0. The molecule has 21 heavy (non-hydrogen) atoms. The number of aliphatic imine (C=N–C) groups is 1. The van der Waals surface area contributed by atoms with E-state index in [1.54, 1.807) is 27.2 Å². The molecule has 0 unspecified atom stereocenters. The van der Waals surface area contributed by atoms with E-state index in [2.05, 4.69) is 20.5 Å². The van der Waals surface area contributed by atoms with Gasteiger partial charge in [-0.3, -0.25) is 4.99 Å². The maximum Gasteiger partial charge on any atom is 0.194 e. The minimum Gasteiger partial charge on any atom is -0.349 e.